The minimum Gasteiger partial charge on any atom is -0.346 e. The van der Waals surface area contributed by atoms with E-state index >= 15 is 0 Å². The molecule has 2 rings (SSSR count). The number of amides is 1. The molecule has 0 aliphatic heterocycles. The molecule has 0 aliphatic rings. The smallest absolute Gasteiger partial charge is 0.261 e. The fourth-order valence-electron chi connectivity index (χ4n) is 2.15. The van der Waals surface area contributed by atoms with Crippen molar-refractivity contribution in [1.29, 1.82) is 0 Å². The molecule has 0 fully saturated rings. The number of carbonyl (C=O) groups is 1. The summed E-state index contributed by atoms with van der Waals surface area (Å²) in [4.78, 5) is 13.5. The fourth-order valence-corrected chi connectivity index (χ4v) is 3.21. The van der Waals surface area contributed by atoms with Crippen LogP contribution in [0.5, 0.6) is 0 Å². The number of hydrogen-bond acceptors (Lipinski definition) is 3. The molecule has 3 N–H and O–H groups in total. The Morgan fingerprint density at radius 3 is 2.16 bits per heavy atom. The molecule has 1 amide bonds. The Morgan fingerprint density at radius 1 is 1.00 bits per heavy atom. The van der Waals surface area contributed by atoms with Crippen molar-refractivity contribution in [3.05, 3.63) is 59.7 Å². The van der Waals surface area contributed by atoms with Gasteiger partial charge in [0.05, 0.1) is 32.1 Å². The molecule has 0 aliphatic carbocycles. The summed E-state index contributed by atoms with van der Waals surface area (Å²) in [6.07, 6.45) is 0. The lowest BCUT2D eigenvalue weighted by Gasteiger charge is -2.10. The zero-order valence-corrected chi connectivity index (χ0v) is 15.5. The Balaban J connectivity index is 2.02. The van der Waals surface area contributed by atoms with E-state index in [0.29, 0.717) is 17.8 Å². The van der Waals surface area contributed by atoms with E-state index in [1.54, 1.807) is 48.5 Å². The van der Waals surface area contributed by atoms with Crippen LogP contribution in [-0.4, -0.2) is 41.5 Å². The summed E-state index contributed by atoms with van der Waals surface area (Å²) in [5.41, 5.74) is 1.90. The number of anilines is 1. The standard InChI is InChI=1S/C18H23N3O3S/c1-14-4-10-17(11-5-14)25(23,24)20-16-8-6-15(7-9-16)18(22)19-12-13-21(2)3/h4-11,20H,12-13H2,1-3H3,(H,19,22)/p+1. The number of hydrogen-bond donors (Lipinski definition) is 3. The lowest BCUT2D eigenvalue weighted by atomic mass is 10.2. The van der Waals surface area contributed by atoms with Gasteiger partial charge in [-0.3, -0.25) is 9.52 Å². The second-order valence-electron chi connectivity index (χ2n) is 6.21. The van der Waals surface area contributed by atoms with Gasteiger partial charge in [0.2, 0.25) is 0 Å². The van der Waals surface area contributed by atoms with Crippen molar-refractivity contribution in [2.24, 2.45) is 0 Å². The summed E-state index contributed by atoms with van der Waals surface area (Å²) in [6.45, 7) is 3.32. The zero-order chi connectivity index (χ0) is 18.4. The summed E-state index contributed by atoms with van der Waals surface area (Å²) < 4.78 is 27.2. The SMILES string of the molecule is Cc1ccc(S(=O)(=O)Nc2ccc(C(=O)NCC[NH+](C)C)cc2)cc1. The zero-order valence-electron chi connectivity index (χ0n) is 14.7. The van der Waals surface area contributed by atoms with Gasteiger partial charge < -0.3 is 10.2 Å². The first-order chi connectivity index (χ1) is 11.8. The molecule has 7 heteroatoms. The highest BCUT2D eigenvalue weighted by atomic mass is 32.2. The molecule has 134 valence electrons. The number of quaternary nitrogens is 1. The molecule has 2 aromatic carbocycles. The molecule has 0 bridgehead atoms. The molecule has 25 heavy (non-hydrogen) atoms. The molecule has 0 saturated carbocycles. The van der Waals surface area contributed by atoms with Crippen molar-refractivity contribution in [2.45, 2.75) is 11.8 Å². The van der Waals surface area contributed by atoms with E-state index in [1.165, 1.54) is 4.90 Å². The summed E-state index contributed by atoms with van der Waals surface area (Å²) in [6, 6.07) is 13.0. The summed E-state index contributed by atoms with van der Waals surface area (Å²) in [5.74, 6) is -0.172. The Morgan fingerprint density at radius 2 is 1.60 bits per heavy atom. The van der Waals surface area contributed by atoms with Gasteiger partial charge in [0, 0.05) is 11.3 Å². The number of rotatable bonds is 7. The molecular weight excluding hydrogens is 338 g/mol. The van der Waals surface area contributed by atoms with Crippen molar-refractivity contribution in [3.8, 4) is 0 Å². The second kappa shape index (κ2) is 8.13. The highest BCUT2D eigenvalue weighted by molar-refractivity contribution is 7.92. The van der Waals surface area contributed by atoms with E-state index in [4.69, 9.17) is 0 Å². The summed E-state index contributed by atoms with van der Waals surface area (Å²) in [5, 5.41) is 2.83. The van der Waals surface area contributed by atoms with Crippen molar-refractivity contribution in [2.75, 3.05) is 31.9 Å². The predicted octanol–water partition coefficient (Wildman–Crippen LogP) is 0.670. The van der Waals surface area contributed by atoms with Crippen molar-refractivity contribution >= 4 is 21.6 Å². The average Bonchev–Trinajstić information content (AvgIpc) is 2.55. The quantitative estimate of drug-likeness (QED) is 0.677. The lowest BCUT2D eigenvalue weighted by Crippen LogP contribution is -3.06. The third kappa shape index (κ3) is 5.58. The Labute approximate surface area is 148 Å². The van der Waals surface area contributed by atoms with E-state index < -0.39 is 10.0 Å². The third-order valence-corrected chi connectivity index (χ3v) is 5.04. The fraction of sp³-hybridized carbons (Fsp3) is 0.278. The average molecular weight is 362 g/mol. The minimum absolute atomic E-state index is 0.172. The van der Waals surface area contributed by atoms with Crippen molar-refractivity contribution in [3.63, 3.8) is 0 Å². The maximum Gasteiger partial charge on any atom is 0.261 e. The molecule has 0 unspecified atom stereocenters. The van der Waals surface area contributed by atoms with Crippen LogP contribution in [0.4, 0.5) is 5.69 Å². The van der Waals surface area contributed by atoms with Crippen molar-refractivity contribution < 1.29 is 18.1 Å². The van der Waals surface area contributed by atoms with Crippen LogP contribution in [-0.2, 0) is 10.0 Å². The predicted molar refractivity (Wildman–Crippen MR) is 98.4 cm³/mol. The molecule has 0 radical (unpaired) electrons. The number of sulfonamides is 1. The minimum atomic E-state index is -3.64. The lowest BCUT2D eigenvalue weighted by molar-refractivity contribution is -0.856. The third-order valence-electron chi connectivity index (χ3n) is 3.64. The first-order valence-corrected chi connectivity index (χ1v) is 9.53. The summed E-state index contributed by atoms with van der Waals surface area (Å²) >= 11 is 0. The van der Waals surface area contributed by atoms with E-state index in [9.17, 15) is 13.2 Å². The second-order valence-corrected chi connectivity index (χ2v) is 7.89. The van der Waals surface area contributed by atoms with Gasteiger partial charge in [0.25, 0.3) is 15.9 Å². The molecular formula is C18H24N3O3S+. The molecule has 0 aromatic heterocycles. The molecule has 0 atom stereocenters. The molecule has 0 heterocycles. The highest BCUT2D eigenvalue weighted by Crippen LogP contribution is 2.17. The van der Waals surface area contributed by atoms with Gasteiger partial charge in [0.1, 0.15) is 0 Å². The maximum atomic E-state index is 12.3. The van der Waals surface area contributed by atoms with E-state index in [2.05, 4.69) is 10.0 Å². The Kier molecular flexibility index (Phi) is 6.17. The van der Waals surface area contributed by atoms with Crippen LogP contribution in [0.1, 0.15) is 15.9 Å². The normalized spacial score (nSPS) is 11.4. The number of likely N-dealkylation sites (N-methyl/N-ethyl adjacent to an activating group) is 1. The first kappa shape index (κ1) is 19.0. The molecule has 2 aromatic rings. The number of aryl methyl sites for hydroxylation is 1. The number of benzene rings is 2. The van der Waals surface area contributed by atoms with Crippen LogP contribution in [0, 0.1) is 6.92 Å². The van der Waals surface area contributed by atoms with Gasteiger partial charge in [0.15, 0.2) is 0 Å². The van der Waals surface area contributed by atoms with Crippen LogP contribution in [0.2, 0.25) is 0 Å². The largest absolute Gasteiger partial charge is 0.346 e. The van der Waals surface area contributed by atoms with Gasteiger partial charge in [-0.15, -0.1) is 0 Å². The van der Waals surface area contributed by atoms with Gasteiger partial charge >= 0.3 is 0 Å². The van der Waals surface area contributed by atoms with Crippen molar-refractivity contribution in [1.82, 2.24) is 5.32 Å². The van der Waals surface area contributed by atoms with Crippen LogP contribution >= 0.6 is 0 Å². The molecule has 0 spiro atoms. The van der Waals surface area contributed by atoms with E-state index in [-0.39, 0.29) is 10.8 Å². The monoisotopic (exact) mass is 362 g/mol. The topological polar surface area (TPSA) is 79.7 Å². The van der Waals surface area contributed by atoms with Crippen LogP contribution in [0.15, 0.2) is 53.4 Å². The Hall–Kier alpha value is -2.38. The molecule has 6 nitrogen and oxygen atoms in total. The van der Waals surface area contributed by atoms with Gasteiger partial charge in [-0.05, 0) is 43.3 Å². The van der Waals surface area contributed by atoms with Crippen LogP contribution < -0.4 is 14.9 Å². The summed E-state index contributed by atoms with van der Waals surface area (Å²) in [7, 11) is 0.390. The van der Waals surface area contributed by atoms with Gasteiger partial charge in [-0.1, -0.05) is 17.7 Å². The van der Waals surface area contributed by atoms with Gasteiger partial charge in [-0.2, -0.15) is 0 Å². The van der Waals surface area contributed by atoms with E-state index in [0.717, 1.165) is 12.1 Å². The highest BCUT2D eigenvalue weighted by Gasteiger charge is 2.14. The van der Waals surface area contributed by atoms with Crippen LogP contribution in [0.3, 0.4) is 0 Å². The van der Waals surface area contributed by atoms with Gasteiger partial charge in [-0.25, -0.2) is 8.42 Å². The maximum absolute atomic E-state index is 12.3. The van der Waals surface area contributed by atoms with E-state index in [1.807, 2.05) is 21.0 Å². The number of carbonyl (C=O) groups excluding carboxylic acids is 1. The molecule has 0 saturated heterocycles. The first-order valence-electron chi connectivity index (χ1n) is 8.05. The number of nitrogens with one attached hydrogen (secondary N) is 3. The van der Waals surface area contributed by atoms with Crippen LogP contribution in [0.25, 0.3) is 0 Å². The Bertz CT molecular complexity index is 814.